The van der Waals surface area contributed by atoms with E-state index in [1.807, 2.05) is 25.7 Å². The fourth-order valence-corrected chi connectivity index (χ4v) is 4.80. The zero-order valence-electron chi connectivity index (χ0n) is 18.6. The van der Waals surface area contributed by atoms with Crippen LogP contribution in [0.3, 0.4) is 0 Å². The minimum Gasteiger partial charge on any atom is -0.365 e. The highest BCUT2D eigenvalue weighted by Crippen LogP contribution is 2.29. The summed E-state index contributed by atoms with van der Waals surface area (Å²) in [7, 11) is -3.82. The predicted molar refractivity (Wildman–Crippen MR) is 121 cm³/mol. The van der Waals surface area contributed by atoms with Crippen molar-refractivity contribution in [3.05, 3.63) is 58.9 Å². The minimum atomic E-state index is -3.82. The van der Waals surface area contributed by atoms with Gasteiger partial charge in [0.15, 0.2) is 14.9 Å². The van der Waals surface area contributed by atoms with Crippen LogP contribution in [-0.2, 0) is 14.6 Å². The van der Waals surface area contributed by atoms with Gasteiger partial charge in [-0.2, -0.15) is 4.39 Å². The van der Waals surface area contributed by atoms with Crippen LogP contribution in [0, 0.1) is 5.95 Å². The summed E-state index contributed by atoms with van der Waals surface area (Å²) < 4.78 is 40.8. The molecule has 0 N–H and O–H groups in total. The molecule has 0 saturated carbocycles. The number of carbonyl (C=O) groups is 1. The number of aromatic nitrogens is 2. The van der Waals surface area contributed by atoms with Crippen molar-refractivity contribution in [1.82, 2.24) is 14.5 Å². The number of hydrogen-bond acceptors (Lipinski definition) is 6. The van der Waals surface area contributed by atoms with Crippen molar-refractivity contribution < 1.29 is 17.6 Å². The Morgan fingerprint density at radius 1 is 1.31 bits per heavy atom. The molecule has 8 nitrogen and oxygen atoms in total. The maximum atomic E-state index is 15.4. The smallest absolute Gasteiger partial charge is 0.259 e. The van der Waals surface area contributed by atoms with Crippen LogP contribution in [0.25, 0.3) is 5.69 Å². The lowest BCUT2D eigenvalue weighted by atomic mass is 10.0. The Bertz CT molecular complexity index is 1220. The van der Waals surface area contributed by atoms with Gasteiger partial charge in [0.2, 0.25) is 11.9 Å². The number of anilines is 1. The van der Waals surface area contributed by atoms with Gasteiger partial charge >= 0.3 is 0 Å². The summed E-state index contributed by atoms with van der Waals surface area (Å²) in [5, 5.41) is -0.345. The van der Waals surface area contributed by atoms with E-state index in [2.05, 4.69) is 11.6 Å². The van der Waals surface area contributed by atoms with E-state index in [0.717, 1.165) is 10.8 Å². The van der Waals surface area contributed by atoms with Crippen LogP contribution in [0.1, 0.15) is 32.3 Å². The SMILES string of the molecule is C=CC(=O)N1CCN(c2cc(F)n(-c3c(C(C)C)ccnc3S(C)(=O)=O)c(=O)c2)[C@@H](C)C1. The average Bonchev–Trinajstić information content (AvgIpc) is 2.71. The number of sulfone groups is 1. The lowest BCUT2D eigenvalue weighted by Gasteiger charge is -2.41. The molecule has 1 atom stereocenters. The highest BCUT2D eigenvalue weighted by molar-refractivity contribution is 7.90. The summed E-state index contributed by atoms with van der Waals surface area (Å²) >= 11 is 0. The van der Waals surface area contributed by atoms with Crippen molar-refractivity contribution >= 4 is 21.4 Å². The van der Waals surface area contributed by atoms with E-state index < -0.39 is 21.3 Å². The van der Waals surface area contributed by atoms with Gasteiger partial charge in [0.05, 0.1) is 5.69 Å². The zero-order chi connectivity index (χ0) is 23.8. The monoisotopic (exact) mass is 462 g/mol. The summed E-state index contributed by atoms with van der Waals surface area (Å²) in [5.74, 6) is -1.23. The van der Waals surface area contributed by atoms with E-state index in [1.165, 1.54) is 24.4 Å². The Hall–Kier alpha value is -3.01. The van der Waals surface area contributed by atoms with Crippen molar-refractivity contribution in [2.24, 2.45) is 0 Å². The van der Waals surface area contributed by atoms with Gasteiger partial charge in [-0.3, -0.25) is 9.59 Å². The van der Waals surface area contributed by atoms with Gasteiger partial charge in [0.1, 0.15) is 0 Å². The summed E-state index contributed by atoms with van der Waals surface area (Å²) in [6, 6.07) is 3.94. The minimum absolute atomic E-state index is 0.0616. The quantitative estimate of drug-likeness (QED) is 0.499. The molecular weight excluding hydrogens is 435 g/mol. The second-order valence-electron chi connectivity index (χ2n) is 8.22. The molecule has 1 saturated heterocycles. The molecule has 3 heterocycles. The molecular formula is C22H27FN4O4S. The lowest BCUT2D eigenvalue weighted by molar-refractivity contribution is -0.126. The molecule has 3 rings (SSSR count). The molecule has 1 aliphatic heterocycles. The highest BCUT2D eigenvalue weighted by Gasteiger charge is 2.28. The lowest BCUT2D eigenvalue weighted by Crippen LogP contribution is -2.53. The topological polar surface area (TPSA) is 92.6 Å². The van der Waals surface area contributed by atoms with Gasteiger partial charge in [-0.15, -0.1) is 0 Å². The van der Waals surface area contributed by atoms with E-state index >= 15 is 4.39 Å². The number of pyridine rings is 2. The second kappa shape index (κ2) is 8.85. The van der Waals surface area contributed by atoms with Crippen LogP contribution in [0.15, 0.2) is 46.9 Å². The zero-order valence-corrected chi connectivity index (χ0v) is 19.4. The van der Waals surface area contributed by atoms with Crippen LogP contribution in [0.5, 0.6) is 0 Å². The van der Waals surface area contributed by atoms with Crippen LogP contribution in [0.4, 0.5) is 10.1 Å². The van der Waals surface area contributed by atoms with Gasteiger partial charge in [-0.25, -0.2) is 18.0 Å². The highest BCUT2D eigenvalue weighted by atomic mass is 32.2. The Labute approximate surface area is 186 Å². The van der Waals surface area contributed by atoms with Crippen molar-refractivity contribution in [3.8, 4) is 5.69 Å². The molecule has 1 aliphatic rings. The first-order valence-corrected chi connectivity index (χ1v) is 12.1. The molecule has 0 aromatic carbocycles. The maximum Gasteiger partial charge on any atom is 0.259 e. The molecule has 2 aromatic rings. The molecule has 172 valence electrons. The normalized spacial score (nSPS) is 17.0. The molecule has 0 aliphatic carbocycles. The van der Waals surface area contributed by atoms with Crippen molar-refractivity contribution in [3.63, 3.8) is 0 Å². The van der Waals surface area contributed by atoms with E-state index in [0.29, 0.717) is 30.9 Å². The summed E-state index contributed by atoms with van der Waals surface area (Å²) in [4.78, 5) is 32.4. The average molecular weight is 463 g/mol. The summed E-state index contributed by atoms with van der Waals surface area (Å²) in [5.41, 5.74) is 0.113. The van der Waals surface area contributed by atoms with Crippen LogP contribution in [-0.4, -0.2) is 60.7 Å². The molecule has 0 bridgehead atoms. The van der Waals surface area contributed by atoms with E-state index in [-0.39, 0.29) is 28.6 Å². The van der Waals surface area contributed by atoms with Gasteiger partial charge in [-0.1, -0.05) is 20.4 Å². The summed E-state index contributed by atoms with van der Waals surface area (Å²) in [6.45, 7) is 10.3. The predicted octanol–water partition coefficient (Wildman–Crippen LogP) is 2.12. The summed E-state index contributed by atoms with van der Waals surface area (Å²) in [6.07, 6.45) is 3.58. The first kappa shape index (κ1) is 23.6. The number of piperazine rings is 1. The van der Waals surface area contributed by atoms with Crippen LogP contribution >= 0.6 is 0 Å². The third-order valence-corrected chi connectivity index (χ3v) is 6.54. The molecule has 32 heavy (non-hydrogen) atoms. The fraction of sp³-hybridized carbons (Fsp3) is 0.409. The largest absolute Gasteiger partial charge is 0.365 e. The third-order valence-electron chi connectivity index (χ3n) is 5.54. The molecule has 10 heteroatoms. The van der Waals surface area contributed by atoms with E-state index in [1.54, 1.807) is 11.0 Å². The Balaban J connectivity index is 2.10. The Kier molecular flexibility index (Phi) is 6.54. The first-order valence-electron chi connectivity index (χ1n) is 10.3. The number of hydrogen-bond donors (Lipinski definition) is 0. The maximum absolute atomic E-state index is 15.4. The van der Waals surface area contributed by atoms with Gasteiger partial charge in [0, 0.05) is 55.9 Å². The van der Waals surface area contributed by atoms with Gasteiger partial charge < -0.3 is 9.80 Å². The van der Waals surface area contributed by atoms with Crippen LogP contribution in [0.2, 0.25) is 0 Å². The van der Waals surface area contributed by atoms with E-state index in [4.69, 9.17) is 0 Å². The van der Waals surface area contributed by atoms with Gasteiger partial charge in [0.25, 0.3) is 5.56 Å². The van der Waals surface area contributed by atoms with E-state index in [9.17, 15) is 18.0 Å². The van der Waals surface area contributed by atoms with Crippen molar-refractivity contribution in [2.75, 3.05) is 30.8 Å². The molecule has 0 unspecified atom stereocenters. The number of nitrogens with zero attached hydrogens (tertiary/aromatic N) is 4. The Morgan fingerprint density at radius 2 is 2.00 bits per heavy atom. The molecule has 0 radical (unpaired) electrons. The molecule has 1 fully saturated rings. The standard InChI is InChI=1S/C22H27FN4O4S/c1-6-19(28)25-9-10-26(15(4)13-25)16-11-18(23)27(20(29)12-16)21-17(14(2)3)7-8-24-22(21)32(5,30)31/h6-8,11-12,14-15H,1,9-10,13H2,2-5H3/t15-/m0/s1. The first-order chi connectivity index (χ1) is 15.0. The Morgan fingerprint density at radius 3 is 2.53 bits per heavy atom. The number of halogens is 1. The van der Waals surface area contributed by atoms with Crippen molar-refractivity contribution in [1.29, 1.82) is 0 Å². The van der Waals surface area contributed by atoms with Gasteiger partial charge in [-0.05, 0) is 30.5 Å². The number of carbonyl (C=O) groups excluding carboxylic acids is 1. The third kappa shape index (κ3) is 4.45. The van der Waals surface area contributed by atoms with Crippen LogP contribution < -0.4 is 10.5 Å². The second-order valence-corrected chi connectivity index (χ2v) is 10.2. The number of rotatable bonds is 5. The molecule has 2 aromatic heterocycles. The fourth-order valence-electron chi connectivity index (χ4n) is 3.99. The molecule has 0 spiro atoms. The molecule has 1 amide bonds. The number of amides is 1. The van der Waals surface area contributed by atoms with Crippen molar-refractivity contribution in [2.45, 2.75) is 37.8 Å².